The van der Waals surface area contributed by atoms with Crippen LogP contribution in [0.3, 0.4) is 0 Å². The maximum absolute atomic E-state index is 12.3. The minimum Gasteiger partial charge on any atom is -0.495 e. The minimum absolute atomic E-state index is 0.226. The second-order valence-electron chi connectivity index (χ2n) is 5.33. The Morgan fingerprint density at radius 2 is 2.04 bits per heavy atom. The molecule has 25 heavy (non-hydrogen) atoms. The number of nitrogens with two attached hydrogens (primary N) is 1. The normalized spacial score (nSPS) is 11.4. The van der Waals surface area contributed by atoms with Gasteiger partial charge in [-0.15, -0.1) is 0 Å². The van der Waals surface area contributed by atoms with Crippen LogP contribution in [0, 0.1) is 0 Å². The van der Waals surface area contributed by atoms with Crippen LogP contribution in [-0.2, 0) is 20.8 Å². The maximum atomic E-state index is 12.3. The van der Waals surface area contributed by atoms with Crippen LogP contribution in [0.15, 0.2) is 48.8 Å². The first-order valence-corrected chi connectivity index (χ1v) is 7.67. The van der Waals surface area contributed by atoms with E-state index < -0.39 is 17.7 Å². The molecule has 0 bridgehead atoms. The van der Waals surface area contributed by atoms with Crippen molar-refractivity contribution in [2.45, 2.75) is 18.9 Å². The van der Waals surface area contributed by atoms with E-state index in [0.29, 0.717) is 24.3 Å². The zero-order valence-electron chi connectivity index (χ0n) is 13.8. The summed E-state index contributed by atoms with van der Waals surface area (Å²) in [6.07, 6.45) is 4.50. The lowest BCUT2D eigenvalue weighted by Crippen LogP contribution is -2.46. The molecule has 2 rings (SSSR count). The van der Waals surface area contributed by atoms with Gasteiger partial charge in [-0.05, 0) is 36.6 Å². The van der Waals surface area contributed by atoms with E-state index in [-0.39, 0.29) is 6.42 Å². The molecule has 7 heteroatoms. The number of pyridine rings is 1. The van der Waals surface area contributed by atoms with E-state index in [1.165, 1.54) is 12.0 Å². The van der Waals surface area contributed by atoms with Crippen LogP contribution in [0.1, 0.15) is 12.0 Å². The molecule has 1 aromatic carbocycles. The fourth-order valence-electron chi connectivity index (χ4n) is 2.55. The first-order valence-electron chi connectivity index (χ1n) is 7.67. The molecule has 130 valence electrons. The molecule has 0 saturated carbocycles. The predicted molar refractivity (Wildman–Crippen MR) is 92.1 cm³/mol. The summed E-state index contributed by atoms with van der Waals surface area (Å²) in [5, 5.41) is 0. The molecule has 2 amide bonds. The van der Waals surface area contributed by atoms with E-state index >= 15 is 0 Å². The lowest BCUT2D eigenvalue weighted by molar-refractivity contribution is -0.137. The van der Waals surface area contributed by atoms with Crippen LogP contribution in [0.2, 0.25) is 0 Å². The number of ketones is 1. The van der Waals surface area contributed by atoms with Gasteiger partial charge in [0, 0.05) is 12.4 Å². The summed E-state index contributed by atoms with van der Waals surface area (Å²) >= 11 is 0. The van der Waals surface area contributed by atoms with Crippen LogP contribution in [-0.4, -0.2) is 36.2 Å². The highest BCUT2D eigenvalue weighted by molar-refractivity contribution is 6.38. The molecule has 1 atom stereocenters. The largest absolute Gasteiger partial charge is 0.495 e. The highest BCUT2D eigenvalue weighted by Gasteiger charge is 2.30. The number of amides is 2. The molecular formula is C18H19N3O4. The van der Waals surface area contributed by atoms with Gasteiger partial charge in [-0.25, -0.2) is 0 Å². The van der Waals surface area contributed by atoms with Gasteiger partial charge in [0.25, 0.3) is 5.91 Å². The van der Waals surface area contributed by atoms with Gasteiger partial charge in [0.1, 0.15) is 11.8 Å². The van der Waals surface area contributed by atoms with Gasteiger partial charge in [0.05, 0.1) is 12.8 Å². The van der Waals surface area contributed by atoms with Crippen molar-refractivity contribution < 1.29 is 19.1 Å². The smallest absolute Gasteiger partial charge is 0.287 e. The monoisotopic (exact) mass is 341 g/mol. The van der Waals surface area contributed by atoms with Crippen molar-refractivity contribution in [3.8, 4) is 5.75 Å². The molecular weight excluding hydrogens is 322 g/mol. The Balaban J connectivity index is 2.33. The highest BCUT2D eigenvalue weighted by atomic mass is 16.5. The predicted octanol–water partition coefficient (Wildman–Crippen LogP) is 1.11. The van der Waals surface area contributed by atoms with Gasteiger partial charge in [-0.1, -0.05) is 18.2 Å². The maximum Gasteiger partial charge on any atom is 0.287 e. The SMILES string of the molecule is COc1ccccc1N(C=O)C(CCc1cccnc1)C(=O)C(N)=O. The van der Waals surface area contributed by atoms with Crippen LogP contribution in [0.5, 0.6) is 5.75 Å². The Morgan fingerprint density at radius 1 is 1.28 bits per heavy atom. The van der Waals surface area contributed by atoms with Gasteiger partial charge in [-0.3, -0.25) is 19.4 Å². The number of benzene rings is 1. The Labute approximate surface area is 145 Å². The number of primary amides is 1. The zero-order chi connectivity index (χ0) is 18.2. The first kappa shape index (κ1) is 18.1. The average Bonchev–Trinajstić information content (AvgIpc) is 2.65. The number of carbonyl (C=O) groups excluding carboxylic acids is 3. The van der Waals surface area contributed by atoms with Crippen LogP contribution in [0.25, 0.3) is 0 Å². The number of hydrogen-bond donors (Lipinski definition) is 1. The Hall–Kier alpha value is -3.22. The van der Waals surface area contributed by atoms with Crippen molar-refractivity contribution in [2.75, 3.05) is 12.0 Å². The molecule has 0 fully saturated rings. The lowest BCUT2D eigenvalue weighted by Gasteiger charge is -2.27. The number of methoxy groups -OCH3 is 1. The number of nitrogens with zero attached hydrogens (tertiary/aromatic N) is 2. The van der Waals surface area contributed by atoms with Crippen LogP contribution >= 0.6 is 0 Å². The number of aromatic nitrogens is 1. The van der Waals surface area contributed by atoms with E-state index in [9.17, 15) is 14.4 Å². The van der Waals surface area contributed by atoms with Crippen molar-refractivity contribution in [3.05, 3.63) is 54.4 Å². The highest BCUT2D eigenvalue weighted by Crippen LogP contribution is 2.29. The number of carbonyl (C=O) groups is 3. The summed E-state index contributed by atoms with van der Waals surface area (Å²) in [4.78, 5) is 40.7. The van der Waals surface area contributed by atoms with E-state index in [4.69, 9.17) is 10.5 Å². The summed E-state index contributed by atoms with van der Waals surface area (Å²) in [6.45, 7) is 0. The molecule has 1 heterocycles. The number of para-hydroxylation sites is 2. The third-order valence-electron chi connectivity index (χ3n) is 3.79. The molecule has 0 aliphatic rings. The summed E-state index contributed by atoms with van der Waals surface area (Å²) in [5.41, 5.74) is 6.45. The number of hydrogen-bond acceptors (Lipinski definition) is 5. The van der Waals surface area contributed by atoms with Crippen molar-refractivity contribution in [1.82, 2.24) is 4.98 Å². The second kappa shape index (κ2) is 8.58. The third kappa shape index (κ3) is 4.41. The molecule has 2 N–H and O–H groups in total. The van der Waals surface area contributed by atoms with Gasteiger partial charge < -0.3 is 15.4 Å². The molecule has 7 nitrogen and oxygen atoms in total. The summed E-state index contributed by atoms with van der Waals surface area (Å²) in [6, 6.07) is 9.36. The zero-order valence-corrected chi connectivity index (χ0v) is 13.8. The van der Waals surface area contributed by atoms with Crippen molar-refractivity contribution in [2.24, 2.45) is 5.73 Å². The number of ether oxygens (including phenoxy) is 1. The van der Waals surface area contributed by atoms with E-state index in [2.05, 4.69) is 4.98 Å². The number of rotatable bonds is 9. The summed E-state index contributed by atoms with van der Waals surface area (Å²) in [5.74, 6) is -1.50. The van der Waals surface area contributed by atoms with Crippen LogP contribution < -0.4 is 15.4 Å². The fourth-order valence-corrected chi connectivity index (χ4v) is 2.55. The standard InChI is InChI=1S/C18H19N3O4/c1-25-16-7-3-2-6-14(16)21(12-22)15(17(23)18(19)24)9-8-13-5-4-10-20-11-13/h2-7,10-12,15H,8-9H2,1H3,(H2,19,24). The van der Waals surface area contributed by atoms with E-state index in [1.54, 1.807) is 42.7 Å². The topological polar surface area (TPSA) is 103 Å². The van der Waals surface area contributed by atoms with E-state index in [1.807, 2.05) is 6.07 Å². The van der Waals surface area contributed by atoms with Gasteiger partial charge in [-0.2, -0.15) is 0 Å². The number of anilines is 1. The van der Waals surface area contributed by atoms with Gasteiger partial charge in [0.15, 0.2) is 0 Å². The molecule has 0 saturated heterocycles. The molecule has 0 aliphatic carbocycles. The third-order valence-corrected chi connectivity index (χ3v) is 3.79. The quantitative estimate of drug-likeness (QED) is 0.544. The first-order chi connectivity index (χ1) is 12.1. The Morgan fingerprint density at radius 3 is 2.64 bits per heavy atom. The van der Waals surface area contributed by atoms with E-state index in [0.717, 1.165) is 5.56 Å². The summed E-state index contributed by atoms with van der Waals surface area (Å²) < 4.78 is 5.24. The number of aryl methyl sites for hydroxylation is 1. The molecule has 2 aromatic rings. The molecule has 0 spiro atoms. The Bertz CT molecular complexity index is 749. The molecule has 0 aliphatic heterocycles. The van der Waals surface area contributed by atoms with Gasteiger partial charge >= 0.3 is 0 Å². The van der Waals surface area contributed by atoms with Crippen molar-refractivity contribution >= 4 is 23.8 Å². The Kier molecular flexibility index (Phi) is 6.22. The summed E-state index contributed by atoms with van der Waals surface area (Å²) in [7, 11) is 1.46. The lowest BCUT2D eigenvalue weighted by atomic mass is 10.0. The molecule has 0 radical (unpaired) electrons. The molecule has 1 aromatic heterocycles. The number of Topliss-reactive ketones (excluding diaryl/α,β-unsaturated/α-hetero) is 1. The average molecular weight is 341 g/mol. The van der Waals surface area contributed by atoms with Crippen molar-refractivity contribution in [3.63, 3.8) is 0 Å². The van der Waals surface area contributed by atoms with Gasteiger partial charge in [0.2, 0.25) is 12.2 Å². The van der Waals surface area contributed by atoms with Crippen molar-refractivity contribution in [1.29, 1.82) is 0 Å². The second-order valence-corrected chi connectivity index (χ2v) is 5.33. The molecule has 1 unspecified atom stereocenters. The van der Waals surface area contributed by atoms with Crippen LogP contribution in [0.4, 0.5) is 5.69 Å². The minimum atomic E-state index is -1.09. The fraction of sp³-hybridized carbons (Fsp3) is 0.222.